The minimum Gasteiger partial charge on any atom is -0.446 e. The van der Waals surface area contributed by atoms with Crippen LogP contribution in [-0.4, -0.2) is 66.0 Å². The highest BCUT2D eigenvalue weighted by Crippen LogP contribution is 2.32. The van der Waals surface area contributed by atoms with Crippen molar-refractivity contribution in [3.05, 3.63) is 42.2 Å². The van der Waals surface area contributed by atoms with E-state index in [0.29, 0.717) is 6.42 Å². The van der Waals surface area contributed by atoms with Crippen molar-refractivity contribution < 1.29 is 9.53 Å². The van der Waals surface area contributed by atoms with Crippen molar-refractivity contribution in [3.63, 3.8) is 0 Å². The van der Waals surface area contributed by atoms with Crippen LogP contribution < -0.4 is 10.6 Å². The Balaban J connectivity index is 1.58. The average molecular weight is 394 g/mol. The molecule has 1 aliphatic rings. The molecule has 0 radical (unpaired) electrons. The number of fused-ring (bicyclic) bond motifs is 2. The zero-order valence-electron chi connectivity index (χ0n) is 16.7. The van der Waals surface area contributed by atoms with Gasteiger partial charge in [-0.2, -0.15) is 5.10 Å². The summed E-state index contributed by atoms with van der Waals surface area (Å²) < 4.78 is 5.64. The van der Waals surface area contributed by atoms with E-state index in [0.717, 1.165) is 59.5 Å². The van der Waals surface area contributed by atoms with E-state index >= 15 is 0 Å². The van der Waals surface area contributed by atoms with E-state index in [1.54, 1.807) is 12.4 Å². The summed E-state index contributed by atoms with van der Waals surface area (Å²) in [7, 11) is 4.03. The Morgan fingerprint density at radius 3 is 2.90 bits per heavy atom. The molecule has 0 bridgehead atoms. The van der Waals surface area contributed by atoms with Crippen LogP contribution in [0.25, 0.3) is 22.2 Å². The van der Waals surface area contributed by atoms with Crippen LogP contribution in [-0.2, 0) is 11.2 Å². The summed E-state index contributed by atoms with van der Waals surface area (Å²) in [6, 6.07) is 7.92. The van der Waals surface area contributed by atoms with Crippen LogP contribution in [0, 0.1) is 0 Å². The molecule has 29 heavy (non-hydrogen) atoms. The molecule has 0 fully saturated rings. The molecule has 8 nitrogen and oxygen atoms in total. The van der Waals surface area contributed by atoms with E-state index in [-0.39, 0.29) is 6.10 Å². The molecule has 3 aromatic rings. The number of ether oxygens (including phenoxy) is 1. The highest BCUT2D eigenvalue weighted by atomic mass is 16.6. The lowest BCUT2D eigenvalue weighted by atomic mass is 10.00. The number of carbonyl (C=O) groups is 1. The van der Waals surface area contributed by atoms with Crippen molar-refractivity contribution >= 4 is 22.7 Å². The maximum atomic E-state index is 12.2. The number of H-pyrrole nitrogens is 1. The van der Waals surface area contributed by atoms with E-state index in [2.05, 4.69) is 43.8 Å². The third-order valence-corrected chi connectivity index (χ3v) is 5.27. The molecule has 1 aromatic carbocycles. The number of hydrogen-bond acceptors (Lipinski definition) is 6. The molecule has 152 valence electrons. The van der Waals surface area contributed by atoms with Gasteiger partial charge in [0.05, 0.1) is 5.52 Å². The molecule has 3 N–H and O–H groups in total. The van der Waals surface area contributed by atoms with E-state index in [9.17, 15) is 4.79 Å². The fraction of sp³-hybridized carbons (Fsp3) is 0.381. The van der Waals surface area contributed by atoms with Gasteiger partial charge in [-0.15, -0.1) is 0 Å². The van der Waals surface area contributed by atoms with Gasteiger partial charge in [-0.25, -0.2) is 4.79 Å². The molecule has 1 amide bonds. The molecule has 0 spiro atoms. The van der Waals surface area contributed by atoms with Gasteiger partial charge in [-0.3, -0.25) is 15.4 Å². The van der Waals surface area contributed by atoms with Crippen molar-refractivity contribution in [2.75, 3.05) is 39.0 Å². The lowest BCUT2D eigenvalue weighted by Gasteiger charge is -2.20. The van der Waals surface area contributed by atoms with Crippen LogP contribution >= 0.6 is 0 Å². The number of pyridine rings is 1. The van der Waals surface area contributed by atoms with Gasteiger partial charge in [0.1, 0.15) is 11.8 Å². The van der Waals surface area contributed by atoms with E-state index in [1.165, 1.54) is 0 Å². The van der Waals surface area contributed by atoms with E-state index in [1.807, 2.05) is 25.2 Å². The topological polar surface area (TPSA) is 95.2 Å². The lowest BCUT2D eigenvalue weighted by Crippen LogP contribution is -2.31. The molecule has 1 aliphatic heterocycles. The molecular formula is C21H26N6O2. The first-order chi connectivity index (χ1) is 14.1. The first-order valence-electron chi connectivity index (χ1n) is 9.86. The second kappa shape index (κ2) is 8.59. The molecule has 8 heteroatoms. The summed E-state index contributed by atoms with van der Waals surface area (Å²) >= 11 is 0. The number of cyclic esters (lactones) is 1. The Labute approximate surface area is 169 Å². The van der Waals surface area contributed by atoms with Crippen molar-refractivity contribution in [2.24, 2.45) is 0 Å². The minimum atomic E-state index is -0.403. The summed E-state index contributed by atoms with van der Waals surface area (Å²) in [4.78, 5) is 18.6. The van der Waals surface area contributed by atoms with Gasteiger partial charge in [0.15, 0.2) is 0 Å². The molecular weight excluding hydrogens is 368 g/mol. The summed E-state index contributed by atoms with van der Waals surface area (Å²) in [5.74, 6) is 0. The van der Waals surface area contributed by atoms with Crippen molar-refractivity contribution in [1.29, 1.82) is 0 Å². The van der Waals surface area contributed by atoms with Gasteiger partial charge in [-0.05, 0) is 50.3 Å². The quantitative estimate of drug-likeness (QED) is 0.570. The van der Waals surface area contributed by atoms with Crippen LogP contribution in [0.15, 0.2) is 36.7 Å². The van der Waals surface area contributed by atoms with Crippen LogP contribution in [0.5, 0.6) is 0 Å². The number of nitrogens with zero attached hydrogens (tertiary/aromatic N) is 3. The van der Waals surface area contributed by atoms with Gasteiger partial charge in [0.2, 0.25) is 0 Å². The van der Waals surface area contributed by atoms with Crippen LogP contribution in [0.1, 0.15) is 12.0 Å². The summed E-state index contributed by atoms with van der Waals surface area (Å²) in [5, 5.41) is 14.6. The highest BCUT2D eigenvalue weighted by Gasteiger charge is 2.24. The molecule has 0 aliphatic carbocycles. The normalized spacial score (nSPS) is 16.4. The predicted molar refractivity (Wildman–Crippen MR) is 113 cm³/mol. The monoisotopic (exact) mass is 394 g/mol. The maximum absolute atomic E-state index is 12.2. The number of carbonyl (C=O) groups excluding carboxylic acids is 1. The Kier molecular flexibility index (Phi) is 5.73. The molecule has 4 rings (SSSR count). The number of likely N-dealkylation sites (N-methyl/N-ethyl adjacent to an activating group) is 2. The van der Waals surface area contributed by atoms with Crippen molar-refractivity contribution in [2.45, 2.75) is 18.9 Å². The van der Waals surface area contributed by atoms with E-state index in [4.69, 9.17) is 4.74 Å². The Hall–Kier alpha value is -2.97. The number of aromatic amines is 1. The van der Waals surface area contributed by atoms with Gasteiger partial charge in [0, 0.05) is 55.1 Å². The minimum absolute atomic E-state index is 0.165. The Morgan fingerprint density at radius 2 is 2.10 bits per heavy atom. The second-order valence-corrected chi connectivity index (χ2v) is 7.41. The Morgan fingerprint density at radius 1 is 1.28 bits per heavy atom. The fourth-order valence-corrected chi connectivity index (χ4v) is 3.64. The van der Waals surface area contributed by atoms with Gasteiger partial charge < -0.3 is 15.0 Å². The molecule has 3 heterocycles. The number of hydrogen-bond donors (Lipinski definition) is 3. The smallest absolute Gasteiger partial charge is 0.411 e. The number of rotatable bonds is 7. The molecule has 0 saturated carbocycles. The predicted octanol–water partition coefficient (Wildman–Crippen LogP) is 2.64. The van der Waals surface area contributed by atoms with Gasteiger partial charge >= 0.3 is 6.09 Å². The number of benzene rings is 1. The maximum Gasteiger partial charge on any atom is 0.411 e. The lowest BCUT2D eigenvalue weighted by molar-refractivity contribution is 0.101. The van der Waals surface area contributed by atoms with Crippen LogP contribution in [0.4, 0.5) is 10.5 Å². The molecule has 1 unspecified atom stereocenters. The number of aromatic nitrogens is 3. The van der Waals surface area contributed by atoms with Crippen LogP contribution in [0.2, 0.25) is 0 Å². The van der Waals surface area contributed by atoms with E-state index < -0.39 is 6.09 Å². The Bertz CT molecular complexity index is 988. The fourth-order valence-electron chi connectivity index (χ4n) is 3.64. The average Bonchev–Trinajstić information content (AvgIpc) is 3.06. The zero-order valence-corrected chi connectivity index (χ0v) is 16.7. The third kappa shape index (κ3) is 4.38. The largest absolute Gasteiger partial charge is 0.446 e. The summed E-state index contributed by atoms with van der Waals surface area (Å²) in [6.45, 7) is 2.75. The highest BCUT2D eigenvalue weighted by molar-refractivity contribution is 5.98. The summed E-state index contributed by atoms with van der Waals surface area (Å²) in [5.41, 5.74) is 4.59. The van der Waals surface area contributed by atoms with Gasteiger partial charge in [0.25, 0.3) is 0 Å². The molecule has 2 aromatic heterocycles. The first-order valence-corrected chi connectivity index (χ1v) is 9.86. The second-order valence-electron chi connectivity index (χ2n) is 7.41. The third-order valence-electron chi connectivity index (χ3n) is 5.27. The number of amides is 1. The SMILES string of the molecule is CNCCN(C)CCC1Cc2cc3c(-c4ccncc4)n[nH]c3cc2NC(=O)O1. The zero-order chi connectivity index (χ0) is 20.2. The molecule has 1 atom stereocenters. The van der Waals surface area contributed by atoms with Crippen LogP contribution in [0.3, 0.4) is 0 Å². The number of anilines is 1. The van der Waals surface area contributed by atoms with Gasteiger partial charge in [-0.1, -0.05) is 0 Å². The molecule has 0 saturated heterocycles. The van der Waals surface area contributed by atoms with Crippen molar-refractivity contribution in [3.8, 4) is 11.3 Å². The number of nitrogens with one attached hydrogen (secondary N) is 3. The first kappa shape index (κ1) is 19.4. The standard InChI is InChI=1S/C21H26N6O2/c1-22-8-10-27(2)9-5-16-11-15-12-17-19(13-18(15)24-21(28)29-16)25-26-20(17)14-3-6-23-7-4-14/h3-4,6-7,12-13,16,22H,5,8-11H2,1-2H3,(H,24,28)(H,25,26). The van der Waals surface area contributed by atoms with Crippen molar-refractivity contribution in [1.82, 2.24) is 25.4 Å². The summed E-state index contributed by atoms with van der Waals surface area (Å²) in [6.07, 6.45) is 4.40.